The molecule has 2 N–H and O–H groups in total. The van der Waals surface area contributed by atoms with Crippen LogP contribution in [0.2, 0.25) is 0 Å². The van der Waals surface area contributed by atoms with Crippen molar-refractivity contribution >= 4 is 6.03 Å². The first-order chi connectivity index (χ1) is 9.69. The summed E-state index contributed by atoms with van der Waals surface area (Å²) in [6.07, 6.45) is 4.58. The van der Waals surface area contributed by atoms with Crippen LogP contribution in [0, 0.1) is 5.92 Å². The van der Waals surface area contributed by atoms with Gasteiger partial charge in [-0.25, -0.2) is 4.79 Å². The van der Waals surface area contributed by atoms with Gasteiger partial charge in [-0.3, -0.25) is 0 Å². The second kappa shape index (κ2) is 7.17. The highest BCUT2D eigenvalue weighted by Gasteiger charge is 2.19. The van der Waals surface area contributed by atoms with E-state index in [1.165, 1.54) is 12.8 Å². The molecule has 0 radical (unpaired) electrons. The van der Waals surface area contributed by atoms with Crippen LogP contribution < -0.4 is 15.4 Å². The Kier molecular flexibility index (Phi) is 5.27. The van der Waals surface area contributed by atoms with E-state index in [0.29, 0.717) is 12.6 Å². The fourth-order valence-electron chi connectivity index (χ4n) is 2.67. The van der Waals surface area contributed by atoms with Crippen LogP contribution in [-0.2, 0) is 6.54 Å². The third kappa shape index (κ3) is 4.15. The fourth-order valence-corrected chi connectivity index (χ4v) is 2.67. The standard InChI is InChI=1S/C16H24N2O2/c1-12-7-9-14(10-8-12)18-16(19)17-11-13-5-3-4-6-15(13)20-2/h3-6,12,14H,7-11H2,1-2H3,(H2,17,18,19). The number of hydrogen-bond donors (Lipinski definition) is 2. The summed E-state index contributed by atoms with van der Waals surface area (Å²) in [5.41, 5.74) is 0.988. The van der Waals surface area contributed by atoms with Gasteiger partial charge in [-0.05, 0) is 37.7 Å². The SMILES string of the molecule is COc1ccccc1CNC(=O)NC1CCC(C)CC1. The number of benzene rings is 1. The van der Waals surface area contributed by atoms with Gasteiger partial charge in [-0.1, -0.05) is 25.1 Å². The van der Waals surface area contributed by atoms with E-state index in [4.69, 9.17) is 4.74 Å². The van der Waals surface area contributed by atoms with Crippen LogP contribution in [0.15, 0.2) is 24.3 Å². The van der Waals surface area contributed by atoms with E-state index in [2.05, 4.69) is 17.6 Å². The van der Waals surface area contributed by atoms with Gasteiger partial charge < -0.3 is 15.4 Å². The van der Waals surface area contributed by atoms with Crippen molar-refractivity contribution in [2.24, 2.45) is 5.92 Å². The molecule has 0 atom stereocenters. The third-order valence-corrected chi connectivity index (χ3v) is 3.98. The monoisotopic (exact) mass is 276 g/mol. The number of methoxy groups -OCH3 is 1. The van der Waals surface area contributed by atoms with Crippen molar-refractivity contribution in [3.8, 4) is 5.75 Å². The fraction of sp³-hybridized carbons (Fsp3) is 0.562. The van der Waals surface area contributed by atoms with Gasteiger partial charge in [-0.15, -0.1) is 0 Å². The largest absolute Gasteiger partial charge is 0.496 e. The van der Waals surface area contributed by atoms with E-state index in [1.54, 1.807) is 7.11 Å². The van der Waals surface area contributed by atoms with Crippen LogP contribution >= 0.6 is 0 Å². The first-order valence-electron chi connectivity index (χ1n) is 7.35. The van der Waals surface area contributed by atoms with Gasteiger partial charge >= 0.3 is 6.03 Å². The van der Waals surface area contributed by atoms with Gasteiger partial charge in [0.2, 0.25) is 0 Å². The smallest absolute Gasteiger partial charge is 0.315 e. The lowest BCUT2D eigenvalue weighted by molar-refractivity contribution is 0.228. The maximum absolute atomic E-state index is 11.9. The number of carbonyl (C=O) groups is 1. The van der Waals surface area contributed by atoms with E-state index >= 15 is 0 Å². The Labute approximate surface area is 120 Å². The van der Waals surface area contributed by atoms with Crippen LogP contribution in [0.3, 0.4) is 0 Å². The number of urea groups is 1. The predicted molar refractivity (Wildman–Crippen MR) is 79.8 cm³/mol. The molecule has 20 heavy (non-hydrogen) atoms. The summed E-state index contributed by atoms with van der Waals surface area (Å²) in [5.74, 6) is 1.60. The zero-order chi connectivity index (χ0) is 14.4. The van der Waals surface area contributed by atoms with Gasteiger partial charge in [0.05, 0.1) is 7.11 Å². The zero-order valence-electron chi connectivity index (χ0n) is 12.3. The van der Waals surface area contributed by atoms with E-state index in [-0.39, 0.29) is 6.03 Å². The number of nitrogens with one attached hydrogen (secondary N) is 2. The molecule has 1 aliphatic rings. The Bertz CT molecular complexity index is 440. The Morgan fingerprint density at radius 2 is 1.95 bits per heavy atom. The molecule has 1 saturated carbocycles. The molecular weight excluding hydrogens is 252 g/mol. The van der Waals surface area contributed by atoms with Crippen LogP contribution in [0.25, 0.3) is 0 Å². The van der Waals surface area contributed by atoms with Crippen molar-refractivity contribution in [1.82, 2.24) is 10.6 Å². The lowest BCUT2D eigenvalue weighted by Crippen LogP contribution is -2.43. The molecule has 2 rings (SSSR count). The minimum atomic E-state index is -0.0875. The summed E-state index contributed by atoms with van der Waals surface area (Å²) in [7, 11) is 1.64. The van der Waals surface area contributed by atoms with Crippen LogP contribution in [-0.4, -0.2) is 19.2 Å². The highest BCUT2D eigenvalue weighted by Crippen LogP contribution is 2.23. The minimum absolute atomic E-state index is 0.0875. The van der Waals surface area contributed by atoms with Gasteiger partial charge in [-0.2, -0.15) is 0 Å². The molecule has 110 valence electrons. The van der Waals surface area contributed by atoms with Crippen molar-refractivity contribution in [2.45, 2.75) is 45.2 Å². The molecule has 1 fully saturated rings. The van der Waals surface area contributed by atoms with Crippen LogP contribution in [0.4, 0.5) is 4.79 Å². The highest BCUT2D eigenvalue weighted by atomic mass is 16.5. The summed E-state index contributed by atoms with van der Waals surface area (Å²) in [5, 5.41) is 5.96. The van der Waals surface area contributed by atoms with Gasteiger partial charge in [0.15, 0.2) is 0 Å². The molecule has 2 amide bonds. The summed E-state index contributed by atoms with van der Waals surface area (Å²) < 4.78 is 5.27. The Balaban J connectivity index is 1.77. The minimum Gasteiger partial charge on any atom is -0.496 e. The molecule has 4 nitrogen and oxygen atoms in total. The third-order valence-electron chi connectivity index (χ3n) is 3.98. The molecule has 1 aromatic carbocycles. The van der Waals surface area contributed by atoms with Crippen LogP contribution in [0.5, 0.6) is 5.75 Å². The number of carbonyl (C=O) groups excluding carboxylic acids is 1. The van der Waals surface area contributed by atoms with Crippen molar-refractivity contribution in [1.29, 1.82) is 0 Å². The summed E-state index contributed by atoms with van der Waals surface area (Å²) in [6.45, 7) is 2.76. The van der Waals surface area contributed by atoms with Crippen LogP contribution in [0.1, 0.15) is 38.2 Å². The van der Waals surface area contributed by atoms with Gasteiger partial charge in [0.1, 0.15) is 5.75 Å². The second-order valence-electron chi connectivity index (χ2n) is 5.60. The van der Waals surface area contributed by atoms with Gasteiger partial charge in [0.25, 0.3) is 0 Å². The van der Waals surface area contributed by atoms with Crippen molar-refractivity contribution < 1.29 is 9.53 Å². The molecule has 1 aromatic rings. The quantitative estimate of drug-likeness (QED) is 0.888. The normalized spacial score (nSPS) is 22.1. The molecule has 0 bridgehead atoms. The number of hydrogen-bond acceptors (Lipinski definition) is 2. The summed E-state index contributed by atoms with van der Waals surface area (Å²) in [6, 6.07) is 7.96. The maximum Gasteiger partial charge on any atom is 0.315 e. The molecule has 0 heterocycles. The van der Waals surface area contributed by atoms with Crippen molar-refractivity contribution in [2.75, 3.05) is 7.11 Å². The Morgan fingerprint density at radius 1 is 1.25 bits per heavy atom. The summed E-state index contributed by atoms with van der Waals surface area (Å²) in [4.78, 5) is 11.9. The molecule has 1 aliphatic carbocycles. The van der Waals surface area contributed by atoms with E-state index in [0.717, 1.165) is 30.1 Å². The molecule has 0 aromatic heterocycles. The molecule has 4 heteroatoms. The van der Waals surface area contributed by atoms with E-state index < -0.39 is 0 Å². The first-order valence-corrected chi connectivity index (χ1v) is 7.35. The molecule has 0 unspecified atom stereocenters. The molecule has 0 aliphatic heterocycles. The Hall–Kier alpha value is -1.71. The highest BCUT2D eigenvalue weighted by molar-refractivity contribution is 5.74. The maximum atomic E-state index is 11.9. The van der Waals surface area contributed by atoms with Gasteiger partial charge in [0, 0.05) is 18.2 Å². The number of amides is 2. The van der Waals surface area contributed by atoms with E-state index in [1.807, 2.05) is 24.3 Å². The average molecular weight is 276 g/mol. The Morgan fingerprint density at radius 3 is 2.65 bits per heavy atom. The van der Waals surface area contributed by atoms with Crippen molar-refractivity contribution in [3.05, 3.63) is 29.8 Å². The topological polar surface area (TPSA) is 50.4 Å². The summed E-state index contributed by atoms with van der Waals surface area (Å²) >= 11 is 0. The number of rotatable bonds is 4. The molecule has 0 saturated heterocycles. The lowest BCUT2D eigenvalue weighted by atomic mass is 9.87. The average Bonchev–Trinajstić information content (AvgIpc) is 2.48. The second-order valence-corrected chi connectivity index (χ2v) is 5.60. The zero-order valence-corrected chi connectivity index (χ0v) is 12.3. The lowest BCUT2D eigenvalue weighted by Gasteiger charge is -2.27. The van der Waals surface area contributed by atoms with Crippen molar-refractivity contribution in [3.63, 3.8) is 0 Å². The predicted octanol–water partition coefficient (Wildman–Crippen LogP) is 3.07. The number of ether oxygens (including phenoxy) is 1. The molecule has 0 spiro atoms. The van der Waals surface area contributed by atoms with E-state index in [9.17, 15) is 4.79 Å². The molecular formula is C16H24N2O2. The first kappa shape index (κ1) is 14.7. The number of para-hydroxylation sites is 1.